The lowest BCUT2D eigenvalue weighted by Crippen LogP contribution is -2.03. The number of hydrogen-bond acceptors (Lipinski definition) is 2. The zero-order valence-corrected chi connectivity index (χ0v) is 11.3. The molecule has 3 nitrogen and oxygen atoms in total. The van der Waals surface area contributed by atoms with Crippen LogP contribution in [0.1, 0.15) is 18.9 Å². The fourth-order valence-corrected chi connectivity index (χ4v) is 2.29. The molecule has 1 unspecified atom stereocenters. The fraction of sp³-hybridized carbons (Fsp3) is 0.400. The van der Waals surface area contributed by atoms with E-state index in [0.29, 0.717) is 3.92 Å². The van der Waals surface area contributed by atoms with E-state index in [1.54, 1.807) is 6.07 Å². The Morgan fingerprint density at radius 1 is 1.47 bits per heavy atom. The van der Waals surface area contributed by atoms with Crippen molar-refractivity contribution in [2.24, 2.45) is 0 Å². The van der Waals surface area contributed by atoms with Crippen LogP contribution in [-0.4, -0.2) is 16.9 Å². The molecule has 0 spiro atoms. The Hall–Kier alpha value is -0.140. The zero-order valence-electron chi connectivity index (χ0n) is 8.35. The molecule has 0 aliphatic carbocycles. The minimum absolute atomic E-state index is 0.0281. The first-order valence-electron chi connectivity index (χ1n) is 4.64. The number of alkyl halides is 1. The highest BCUT2D eigenvalue weighted by Gasteiger charge is 2.10. The van der Waals surface area contributed by atoms with Gasteiger partial charge in [0.15, 0.2) is 0 Å². The average molecular weight is 340 g/mol. The second kappa shape index (κ2) is 5.27. The van der Waals surface area contributed by atoms with E-state index in [4.69, 9.17) is 4.55 Å². The maximum Gasteiger partial charge on any atom is 0.294 e. The molecule has 1 N–H and O–H groups in total. The summed E-state index contributed by atoms with van der Waals surface area (Å²) < 4.78 is 31.1. The van der Waals surface area contributed by atoms with E-state index in [1.807, 2.05) is 6.07 Å². The maximum absolute atomic E-state index is 10.9. The van der Waals surface area contributed by atoms with Crippen LogP contribution in [0.4, 0.5) is 0 Å². The van der Waals surface area contributed by atoms with Crippen molar-refractivity contribution >= 4 is 32.7 Å². The normalized spacial score (nSPS) is 13.8. The van der Waals surface area contributed by atoms with Gasteiger partial charge in [-0.05, 0) is 30.5 Å². The van der Waals surface area contributed by atoms with E-state index < -0.39 is 10.1 Å². The van der Waals surface area contributed by atoms with Gasteiger partial charge in [0.25, 0.3) is 10.1 Å². The van der Waals surface area contributed by atoms with Gasteiger partial charge in [-0.2, -0.15) is 8.42 Å². The summed E-state index contributed by atoms with van der Waals surface area (Å²) in [5.74, 6) is 0. The molecule has 0 aliphatic rings. The monoisotopic (exact) mass is 340 g/mol. The fourth-order valence-electron chi connectivity index (χ4n) is 1.23. The summed E-state index contributed by atoms with van der Waals surface area (Å²) in [6.07, 6.45) is 1.86. The Kier molecular flexibility index (Phi) is 4.54. The molecule has 1 aromatic carbocycles. The molecule has 1 rings (SSSR count). The first-order valence-corrected chi connectivity index (χ1v) is 7.32. The largest absolute Gasteiger partial charge is 0.294 e. The molecular weight excluding hydrogens is 327 g/mol. The maximum atomic E-state index is 10.9. The topological polar surface area (TPSA) is 54.4 Å². The zero-order chi connectivity index (χ0) is 11.5. The molecule has 1 aromatic rings. The lowest BCUT2D eigenvalue weighted by molar-refractivity contribution is 0.483. The summed E-state index contributed by atoms with van der Waals surface area (Å²) in [4.78, 5) is -0.0281. The Morgan fingerprint density at radius 3 is 2.67 bits per heavy atom. The van der Waals surface area contributed by atoms with Crippen molar-refractivity contribution in [2.45, 2.75) is 28.6 Å². The third-order valence-corrected chi connectivity index (χ3v) is 4.27. The van der Waals surface area contributed by atoms with Crippen molar-refractivity contribution in [3.8, 4) is 0 Å². The lowest BCUT2D eigenvalue weighted by atomic mass is 10.1. The van der Waals surface area contributed by atoms with Crippen molar-refractivity contribution in [3.05, 3.63) is 29.8 Å². The van der Waals surface area contributed by atoms with E-state index in [0.717, 1.165) is 18.4 Å². The van der Waals surface area contributed by atoms with Gasteiger partial charge in [-0.1, -0.05) is 41.6 Å². The first-order chi connectivity index (χ1) is 6.93. The lowest BCUT2D eigenvalue weighted by Gasteiger charge is -2.07. The highest BCUT2D eigenvalue weighted by molar-refractivity contribution is 14.1. The predicted octanol–water partition coefficient (Wildman–Crippen LogP) is 2.69. The third kappa shape index (κ3) is 4.08. The molecule has 0 bridgehead atoms. The van der Waals surface area contributed by atoms with Crippen LogP contribution < -0.4 is 0 Å². The van der Waals surface area contributed by atoms with Gasteiger partial charge in [-0.25, -0.2) is 0 Å². The van der Waals surface area contributed by atoms with Gasteiger partial charge in [0.2, 0.25) is 0 Å². The van der Waals surface area contributed by atoms with Gasteiger partial charge in [0.05, 0.1) is 4.90 Å². The molecular formula is C10H13IO3S. The van der Waals surface area contributed by atoms with Crippen molar-refractivity contribution in [2.75, 3.05) is 0 Å². The quantitative estimate of drug-likeness (QED) is 0.521. The molecule has 0 amide bonds. The second-order valence-electron chi connectivity index (χ2n) is 3.33. The molecule has 0 saturated carbocycles. The van der Waals surface area contributed by atoms with Crippen LogP contribution in [0.3, 0.4) is 0 Å². The van der Waals surface area contributed by atoms with Gasteiger partial charge in [0.1, 0.15) is 0 Å². The van der Waals surface area contributed by atoms with Crippen LogP contribution in [0.5, 0.6) is 0 Å². The van der Waals surface area contributed by atoms with Crippen LogP contribution in [0.15, 0.2) is 29.2 Å². The first kappa shape index (κ1) is 12.9. The van der Waals surface area contributed by atoms with Gasteiger partial charge in [0, 0.05) is 3.92 Å². The van der Waals surface area contributed by atoms with Crippen molar-refractivity contribution in [1.29, 1.82) is 0 Å². The van der Waals surface area contributed by atoms with Gasteiger partial charge in [-0.15, -0.1) is 0 Å². The van der Waals surface area contributed by atoms with E-state index >= 15 is 0 Å². The molecule has 0 heterocycles. The van der Waals surface area contributed by atoms with E-state index in [2.05, 4.69) is 29.5 Å². The highest BCUT2D eigenvalue weighted by Crippen LogP contribution is 2.16. The summed E-state index contributed by atoms with van der Waals surface area (Å²) in [5, 5.41) is 0. The van der Waals surface area contributed by atoms with Crippen LogP contribution >= 0.6 is 22.6 Å². The third-order valence-electron chi connectivity index (χ3n) is 2.10. The van der Waals surface area contributed by atoms with E-state index in [1.165, 1.54) is 12.1 Å². The number of hydrogen-bond donors (Lipinski definition) is 1. The average Bonchev–Trinajstić information content (AvgIpc) is 2.17. The predicted molar refractivity (Wildman–Crippen MR) is 68.1 cm³/mol. The molecule has 0 saturated heterocycles. The second-order valence-corrected chi connectivity index (χ2v) is 6.52. The van der Waals surface area contributed by atoms with Crippen molar-refractivity contribution in [1.82, 2.24) is 0 Å². The Bertz CT molecular complexity index is 428. The van der Waals surface area contributed by atoms with Crippen LogP contribution in [0, 0.1) is 0 Å². The van der Waals surface area contributed by atoms with Crippen molar-refractivity contribution < 1.29 is 13.0 Å². The smallest absolute Gasteiger partial charge is 0.282 e. The molecule has 1 atom stereocenters. The number of rotatable bonds is 4. The summed E-state index contributed by atoms with van der Waals surface area (Å²) in [6, 6.07) is 6.44. The molecule has 5 heteroatoms. The summed E-state index contributed by atoms with van der Waals surface area (Å²) >= 11 is 2.33. The van der Waals surface area contributed by atoms with Gasteiger partial charge in [-0.3, -0.25) is 4.55 Å². The Balaban J connectivity index is 2.94. The minimum Gasteiger partial charge on any atom is -0.282 e. The molecule has 0 aromatic heterocycles. The molecule has 15 heavy (non-hydrogen) atoms. The number of benzene rings is 1. The summed E-state index contributed by atoms with van der Waals surface area (Å²) in [6.45, 7) is 2.09. The molecule has 84 valence electrons. The minimum atomic E-state index is -4.07. The standard InChI is InChI=1S/C10H13IO3S/c1-2-9(11)6-8-4-3-5-10(7-8)15(12,13)14/h3-5,7,9H,2,6H2,1H3,(H,12,13,14). The molecule has 0 radical (unpaired) electrons. The summed E-state index contributed by atoms with van der Waals surface area (Å²) in [7, 11) is -4.07. The molecule has 0 fully saturated rings. The number of halogens is 1. The van der Waals surface area contributed by atoms with Crippen LogP contribution in [-0.2, 0) is 16.5 Å². The van der Waals surface area contributed by atoms with Gasteiger partial charge >= 0.3 is 0 Å². The Morgan fingerprint density at radius 2 is 2.13 bits per heavy atom. The van der Waals surface area contributed by atoms with E-state index in [9.17, 15) is 8.42 Å². The molecule has 0 aliphatic heterocycles. The summed E-state index contributed by atoms with van der Waals surface area (Å²) in [5.41, 5.74) is 0.936. The Labute approximate surface area is 104 Å². The SMILES string of the molecule is CCC(I)Cc1cccc(S(=O)(=O)O)c1. The highest BCUT2D eigenvalue weighted by atomic mass is 127. The van der Waals surface area contributed by atoms with Crippen molar-refractivity contribution in [3.63, 3.8) is 0 Å². The van der Waals surface area contributed by atoms with E-state index in [-0.39, 0.29) is 4.90 Å². The van der Waals surface area contributed by atoms with Crippen LogP contribution in [0.2, 0.25) is 0 Å². The van der Waals surface area contributed by atoms with Gasteiger partial charge < -0.3 is 0 Å². The van der Waals surface area contributed by atoms with Crippen LogP contribution in [0.25, 0.3) is 0 Å².